The fraction of sp³-hybridized carbons (Fsp3) is 0.250. The number of aromatic amines is 1. The van der Waals surface area contributed by atoms with Gasteiger partial charge in [0.05, 0.1) is 5.25 Å². The summed E-state index contributed by atoms with van der Waals surface area (Å²) in [5.74, 6) is -0.557. The number of nitrogens with zero attached hydrogens (tertiary/aromatic N) is 2. The SMILES string of the molecule is Cc1ccc(NC(=O)[C@H](C)Sc2ncn[nH]2)cc1F. The molecule has 19 heavy (non-hydrogen) atoms. The van der Waals surface area contributed by atoms with Gasteiger partial charge in [-0.05, 0) is 31.5 Å². The van der Waals surface area contributed by atoms with E-state index in [2.05, 4.69) is 20.5 Å². The Bertz CT molecular complexity index is 573. The van der Waals surface area contributed by atoms with Gasteiger partial charge in [0.15, 0.2) is 5.16 Å². The molecule has 0 saturated heterocycles. The van der Waals surface area contributed by atoms with E-state index in [1.54, 1.807) is 26.0 Å². The molecule has 0 aliphatic carbocycles. The molecule has 0 aliphatic rings. The number of halogens is 1. The highest BCUT2D eigenvalue weighted by atomic mass is 32.2. The van der Waals surface area contributed by atoms with Crippen molar-refractivity contribution in [1.29, 1.82) is 0 Å². The first-order chi connectivity index (χ1) is 9.06. The standard InChI is InChI=1S/C12H13FN4OS/c1-7-3-4-9(5-10(7)13)16-11(18)8(2)19-12-14-6-15-17-12/h3-6,8H,1-2H3,(H,16,18)(H,14,15,17)/t8-/m0/s1. The second-order valence-electron chi connectivity index (χ2n) is 4.00. The number of nitrogens with one attached hydrogen (secondary N) is 2. The van der Waals surface area contributed by atoms with Crippen LogP contribution in [0.15, 0.2) is 29.7 Å². The molecule has 0 saturated carbocycles. The highest BCUT2D eigenvalue weighted by Crippen LogP contribution is 2.20. The third kappa shape index (κ3) is 3.54. The van der Waals surface area contributed by atoms with Crippen LogP contribution >= 0.6 is 11.8 Å². The van der Waals surface area contributed by atoms with Crippen molar-refractivity contribution < 1.29 is 9.18 Å². The van der Waals surface area contributed by atoms with Crippen molar-refractivity contribution in [2.45, 2.75) is 24.3 Å². The van der Waals surface area contributed by atoms with Crippen molar-refractivity contribution in [1.82, 2.24) is 15.2 Å². The zero-order valence-electron chi connectivity index (χ0n) is 10.5. The van der Waals surface area contributed by atoms with Gasteiger partial charge in [0.1, 0.15) is 12.1 Å². The average molecular weight is 280 g/mol. The van der Waals surface area contributed by atoms with Crippen molar-refractivity contribution in [3.05, 3.63) is 35.9 Å². The van der Waals surface area contributed by atoms with Gasteiger partial charge in [-0.1, -0.05) is 17.8 Å². The molecular weight excluding hydrogens is 267 g/mol. The van der Waals surface area contributed by atoms with E-state index in [1.165, 1.54) is 24.2 Å². The molecule has 0 radical (unpaired) electrons. The van der Waals surface area contributed by atoms with Crippen LogP contribution in [0.4, 0.5) is 10.1 Å². The molecule has 0 bridgehead atoms. The first-order valence-electron chi connectivity index (χ1n) is 5.65. The first-order valence-corrected chi connectivity index (χ1v) is 6.53. The molecule has 2 N–H and O–H groups in total. The van der Waals surface area contributed by atoms with E-state index in [0.29, 0.717) is 16.4 Å². The molecule has 100 valence electrons. The number of H-pyrrole nitrogens is 1. The van der Waals surface area contributed by atoms with Gasteiger partial charge in [-0.25, -0.2) is 9.37 Å². The van der Waals surface area contributed by atoms with Crippen LogP contribution in [0.2, 0.25) is 0 Å². The number of aryl methyl sites for hydroxylation is 1. The number of carbonyl (C=O) groups excluding carboxylic acids is 1. The summed E-state index contributed by atoms with van der Waals surface area (Å²) in [5, 5.41) is 9.23. The Balaban J connectivity index is 1.98. The number of rotatable bonds is 4. The molecule has 1 atom stereocenters. The van der Waals surface area contributed by atoms with Crippen molar-refractivity contribution in [2.24, 2.45) is 0 Å². The fourth-order valence-electron chi connectivity index (χ4n) is 1.39. The number of benzene rings is 1. The fourth-order valence-corrected chi connectivity index (χ4v) is 2.10. The van der Waals surface area contributed by atoms with Crippen LogP contribution < -0.4 is 5.32 Å². The molecule has 0 aliphatic heterocycles. The molecule has 2 rings (SSSR count). The number of hydrogen-bond donors (Lipinski definition) is 2. The first kappa shape index (κ1) is 13.5. The van der Waals surface area contributed by atoms with Crippen LogP contribution in [-0.2, 0) is 4.79 Å². The molecule has 0 spiro atoms. The van der Waals surface area contributed by atoms with Gasteiger partial charge in [-0.3, -0.25) is 9.89 Å². The van der Waals surface area contributed by atoms with E-state index in [-0.39, 0.29) is 17.0 Å². The lowest BCUT2D eigenvalue weighted by Crippen LogP contribution is -2.22. The molecule has 1 amide bonds. The minimum atomic E-state index is -0.364. The van der Waals surface area contributed by atoms with E-state index in [4.69, 9.17) is 0 Å². The summed E-state index contributed by atoms with van der Waals surface area (Å²) < 4.78 is 13.4. The van der Waals surface area contributed by atoms with Gasteiger partial charge in [-0.15, -0.1) is 0 Å². The topological polar surface area (TPSA) is 70.7 Å². The number of amides is 1. The Kier molecular flexibility index (Phi) is 4.16. The van der Waals surface area contributed by atoms with Crippen molar-refractivity contribution >= 4 is 23.4 Å². The monoisotopic (exact) mass is 280 g/mol. The Hall–Kier alpha value is -1.89. The highest BCUT2D eigenvalue weighted by molar-refractivity contribution is 8.00. The van der Waals surface area contributed by atoms with E-state index in [9.17, 15) is 9.18 Å². The Labute approximate surface area is 114 Å². The quantitative estimate of drug-likeness (QED) is 0.843. The molecule has 2 aromatic rings. The van der Waals surface area contributed by atoms with Gasteiger partial charge in [-0.2, -0.15) is 5.10 Å². The molecule has 0 unspecified atom stereocenters. The maximum atomic E-state index is 13.4. The van der Waals surface area contributed by atoms with Gasteiger partial charge >= 0.3 is 0 Å². The van der Waals surface area contributed by atoms with Crippen molar-refractivity contribution in [3.63, 3.8) is 0 Å². The lowest BCUT2D eigenvalue weighted by atomic mass is 10.2. The largest absolute Gasteiger partial charge is 0.325 e. The zero-order chi connectivity index (χ0) is 13.8. The van der Waals surface area contributed by atoms with E-state index in [1.807, 2.05) is 0 Å². The smallest absolute Gasteiger partial charge is 0.237 e. The number of anilines is 1. The van der Waals surface area contributed by atoms with E-state index < -0.39 is 0 Å². The number of hydrogen-bond acceptors (Lipinski definition) is 4. The van der Waals surface area contributed by atoms with Crippen molar-refractivity contribution in [3.8, 4) is 0 Å². The summed E-state index contributed by atoms with van der Waals surface area (Å²) >= 11 is 1.25. The predicted octanol–water partition coefficient (Wildman–Crippen LogP) is 2.37. The molecule has 7 heteroatoms. The Morgan fingerprint density at radius 1 is 1.53 bits per heavy atom. The van der Waals surface area contributed by atoms with Gasteiger partial charge < -0.3 is 5.32 Å². The van der Waals surface area contributed by atoms with Gasteiger partial charge in [0.25, 0.3) is 0 Å². The minimum absolute atomic E-state index is 0.218. The summed E-state index contributed by atoms with van der Waals surface area (Å²) in [4.78, 5) is 15.8. The molecule has 1 heterocycles. The third-order valence-electron chi connectivity index (χ3n) is 2.49. The van der Waals surface area contributed by atoms with Crippen LogP contribution in [0.25, 0.3) is 0 Å². The minimum Gasteiger partial charge on any atom is -0.325 e. The molecule has 0 fully saturated rings. The normalized spacial score (nSPS) is 12.2. The lowest BCUT2D eigenvalue weighted by Gasteiger charge is -2.10. The van der Waals surface area contributed by atoms with E-state index in [0.717, 1.165) is 0 Å². The Morgan fingerprint density at radius 3 is 2.95 bits per heavy atom. The summed E-state index contributed by atoms with van der Waals surface area (Å²) in [5.41, 5.74) is 0.986. The van der Waals surface area contributed by atoms with Crippen LogP contribution in [-0.4, -0.2) is 26.3 Å². The second kappa shape index (κ2) is 5.83. The number of aromatic nitrogens is 3. The average Bonchev–Trinajstić information content (AvgIpc) is 2.86. The molecule has 1 aromatic carbocycles. The van der Waals surface area contributed by atoms with Gasteiger partial charge in [0, 0.05) is 5.69 Å². The third-order valence-corrected chi connectivity index (χ3v) is 3.48. The molecule has 1 aromatic heterocycles. The summed E-state index contributed by atoms with van der Waals surface area (Å²) in [6, 6.07) is 4.60. The Morgan fingerprint density at radius 2 is 2.32 bits per heavy atom. The van der Waals surface area contributed by atoms with Crippen molar-refractivity contribution in [2.75, 3.05) is 5.32 Å². The highest BCUT2D eigenvalue weighted by Gasteiger charge is 2.16. The number of carbonyl (C=O) groups is 1. The zero-order valence-corrected chi connectivity index (χ0v) is 11.3. The van der Waals surface area contributed by atoms with Crippen LogP contribution in [0, 0.1) is 12.7 Å². The molecule has 5 nitrogen and oxygen atoms in total. The lowest BCUT2D eigenvalue weighted by molar-refractivity contribution is -0.115. The number of thioether (sulfide) groups is 1. The van der Waals surface area contributed by atoms with Gasteiger partial charge in [0.2, 0.25) is 5.91 Å². The van der Waals surface area contributed by atoms with Crippen LogP contribution in [0.5, 0.6) is 0 Å². The molecular formula is C12H13FN4OS. The predicted molar refractivity (Wildman–Crippen MR) is 71.5 cm³/mol. The van der Waals surface area contributed by atoms with E-state index >= 15 is 0 Å². The summed E-state index contributed by atoms with van der Waals surface area (Å²) in [6.07, 6.45) is 1.38. The second-order valence-corrected chi connectivity index (χ2v) is 5.33. The maximum absolute atomic E-state index is 13.4. The maximum Gasteiger partial charge on any atom is 0.237 e. The van der Waals surface area contributed by atoms with Crippen LogP contribution in [0.1, 0.15) is 12.5 Å². The van der Waals surface area contributed by atoms with Crippen LogP contribution in [0.3, 0.4) is 0 Å². The summed E-state index contributed by atoms with van der Waals surface area (Å²) in [6.45, 7) is 3.41. The summed E-state index contributed by atoms with van der Waals surface area (Å²) in [7, 11) is 0.